The minimum absolute atomic E-state index is 0.0226. The average molecular weight is 272 g/mol. The van der Waals surface area contributed by atoms with Crippen molar-refractivity contribution in [1.29, 1.82) is 0 Å². The number of pyridine rings is 1. The van der Waals surface area contributed by atoms with Gasteiger partial charge in [-0.05, 0) is 19.4 Å². The summed E-state index contributed by atoms with van der Waals surface area (Å²) in [4.78, 5) is 17.5. The van der Waals surface area contributed by atoms with Crippen molar-refractivity contribution in [1.82, 2.24) is 10.3 Å². The summed E-state index contributed by atoms with van der Waals surface area (Å²) in [5, 5.41) is 3.06. The van der Waals surface area contributed by atoms with E-state index in [1.165, 1.54) is 12.3 Å². The van der Waals surface area contributed by atoms with Gasteiger partial charge in [0, 0.05) is 25.8 Å². The highest BCUT2D eigenvalue weighted by Gasteiger charge is 2.29. The average Bonchev–Trinajstić information content (AvgIpc) is 2.78. The molecule has 0 aliphatic carbocycles. The summed E-state index contributed by atoms with van der Waals surface area (Å²) < 4.78 is 13.7. The lowest BCUT2D eigenvalue weighted by Crippen LogP contribution is -2.32. The maximum atomic E-state index is 13.7. The van der Waals surface area contributed by atoms with Crippen LogP contribution in [0.15, 0.2) is 12.3 Å². The van der Waals surface area contributed by atoms with Crippen LogP contribution in [0.2, 0.25) is 5.02 Å². The lowest BCUT2D eigenvalue weighted by molar-refractivity contribution is -0.124. The van der Waals surface area contributed by atoms with Crippen molar-refractivity contribution in [3.63, 3.8) is 0 Å². The van der Waals surface area contributed by atoms with E-state index in [1.807, 2.05) is 6.92 Å². The first-order chi connectivity index (χ1) is 8.61. The number of halogens is 2. The molecule has 2 rings (SSSR count). The minimum atomic E-state index is -0.445. The molecule has 1 aliphatic rings. The molecule has 1 aromatic rings. The molecule has 0 bridgehead atoms. The number of hydrogen-bond acceptors (Lipinski definition) is 3. The minimum Gasteiger partial charge on any atom is -0.356 e. The molecule has 1 fully saturated rings. The molecule has 2 heterocycles. The van der Waals surface area contributed by atoms with Crippen LogP contribution in [-0.2, 0) is 4.79 Å². The second kappa shape index (κ2) is 5.52. The quantitative estimate of drug-likeness (QED) is 0.912. The van der Waals surface area contributed by atoms with Gasteiger partial charge in [0.1, 0.15) is 0 Å². The Labute approximate surface area is 110 Å². The van der Waals surface area contributed by atoms with Crippen molar-refractivity contribution in [3.05, 3.63) is 23.1 Å². The molecule has 1 aliphatic heterocycles. The fourth-order valence-electron chi connectivity index (χ4n) is 2.13. The van der Waals surface area contributed by atoms with Gasteiger partial charge in [-0.1, -0.05) is 11.6 Å². The van der Waals surface area contributed by atoms with Crippen LogP contribution < -0.4 is 10.2 Å². The van der Waals surface area contributed by atoms with Gasteiger partial charge >= 0.3 is 0 Å². The zero-order chi connectivity index (χ0) is 13.1. The second-order valence-corrected chi connectivity index (χ2v) is 4.72. The summed E-state index contributed by atoms with van der Waals surface area (Å²) in [6.07, 6.45) is 2.13. The summed E-state index contributed by atoms with van der Waals surface area (Å²) in [5.74, 6) is -0.249. The van der Waals surface area contributed by atoms with Crippen molar-refractivity contribution < 1.29 is 9.18 Å². The predicted octanol–water partition coefficient (Wildman–Crippen LogP) is 1.84. The highest BCUT2D eigenvalue weighted by atomic mass is 35.5. The van der Waals surface area contributed by atoms with Crippen molar-refractivity contribution in [2.75, 3.05) is 24.5 Å². The first kappa shape index (κ1) is 13.1. The third-order valence-electron chi connectivity index (χ3n) is 3.00. The Morgan fingerprint density at radius 2 is 2.50 bits per heavy atom. The van der Waals surface area contributed by atoms with Crippen molar-refractivity contribution in [2.24, 2.45) is 5.92 Å². The first-order valence-corrected chi connectivity index (χ1v) is 6.33. The number of nitrogens with zero attached hydrogens (tertiary/aromatic N) is 2. The molecular formula is C12H15ClFN3O. The number of aromatic nitrogens is 1. The summed E-state index contributed by atoms with van der Waals surface area (Å²) in [6, 6.07) is 1.24. The van der Waals surface area contributed by atoms with Crippen LogP contribution in [0.3, 0.4) is 0 Å². The van der Waals surface area contributed by atoms with Gasteiger partial charge in [-0.3, -0.25) is 4.79 Å². The summed E-state index contributed by atoms with van der Waals surface area (Å²) >= 11 is 5.66. The first-order valence-electron chi connectivity index (χ1n) is 5.95. The van der Waals surface area contributed by atoms with Gasteiger partial charge in [0.05, 0.1) is 10.9 Å². The molecule has 0 spiro atoms. The molecular weight excluding hydrogens is 257 g/mol. The Morgan fingerprint density at radius 1 is 1.72 bits per heavy atom. The summed E-state index contributed by atoms with van der Waals surface area (Å²) in [6.45, 7) is 3.62. The molecule has 6 heteroatoms. The molecule has 18 heavy (non-hydrogen) atoms. The van der Waals surface area contributed by atoms with Crippen LogP contribution in [0, 0.1) is 11.7 Å². The fraction of sp³-hybridized carbons (Fsp3) is 0.500. The zero-order valence-electron chi connectivity index (χ0n) is 10.1. The number of anilines is 1. The van der Waals surface area contributed by atoms with Crippen LogP contribution >= 0.6 is 11.6 Å². The van der Waals surface area contributed by atoms with Crippen LogP contribution in [0.25, 0.3) is 0 Å². The van der Waals surface area contributed by atoms with Gasteiger partial charge in [-0.25, -0.2) is 9.37 Å². The SMILES string of the molecule is CCNC(=O)C1CCN(c2ncc(Cl)cc2F)C1. The molecule has 1 atom stereocenters. The van der Waals surface area contributed by atoms with E-state index < -0.39 is 5.82 Å². The van der Waals surface area contributed by atoms with E-state index in [0.717, 1.165) is 6.42 Å². The molecule has 4 nitrogen and oxygen atoms in total. The standard InChI is InChI=1S/C12H15ClFN3O/c1-2-15-12(18)8-3-4-17(7-8)11-10(14)5-9(13)6-16-11/h5-6,8H,2-4,7H2,1H3,(H,15,18). The predicted molar refractivity (Wildman–Crippen MR) is 68.2 cm³/mol. The van der Waals surface area contributed by atoms with Gasteiger partial charge in [0.2, 0.25) is 5.91 Å². The molecule has 1 saturated heterocycles. The van der Waals surface area contributed by atoms with Crippen LogP contribution in [0.5, 0.6) is 0 Å². The number of carbonyl (C=O) groups excluding carboxylic acids is 1. The Hall–Kier alpha value is -1.36. The Morgan fingerprint density at radius 3 is 3.17 bits per heavy atom. The van der Waals surface area contributed by atoms with E-state index >= 15 is 0 Å². The maximum absolute atomic E-state index is 13.7. The van der Waals surface area contributed by atoms with E-state index in [-0.39, 0.29) is 22.7 Å². The number of amides is 1. The van der Waals surface area contributed by atoms with Crippen molar-refractivity contribution >= 4 is 23.3 Å². The second-order valence-electron chi connectivity index (χ2n) is 4.29. The van der Waals surface area contributed by atoms with E-state index in [2.05, 4.69) is 10.3 Å². The Balaban J connectivity index is 2.06. The zero-order valence-corrected chi connectivity index (χ0v) is 10.9. The molecule has 98 valence electrons. The largest absolute Gasteiger partial charge is 0.356 e. The molecule has 0 saturated carbocycles. The normalized spacial score (nSPS) is 19.1. The number of rotatable bonds is 3. The van der Waals surface area contributed by atoms with Crippen LogP contribution in [-0.4, -0.2) is 30.5 Å². The lowest BCUT2D eigenvalue weighted by atomic mass is 10.1. The van der Waals surface area contributed by atoms with Gasteiger partial charge < -0.3 is 10.2 Å². The topological polar surface area (TPSA) is 45.2 Å². The van der Waals surface area contributed by atoms with Gasteiger partial charge in [-0.15, -0.1) is 0 Å². The summed E-state index contributed by atoms with van der Waals surface area (Å²) in [5.41, 5.74) is 0. The van der Waals surface area contributed by atoms with Gasteiger partial charge in [0.15, 0.2) is 11.6 Å². The number of hydrogen-bond donors (Lipinski definition) is 1. The van der Waals surface area contributed by atoms with Gasteiger partial charge in [0.25, 0.3) is 0 Å². The Bertz CT molecular complexity index is 455. The van der Waals surface area contributed by atoms with Crippen molar-refractivity contribution in [2.45, 2.75) is 13.3 Å². The molecule has 1 aromatic heterocycles. The highest BCUT2D eigenvalue weighted by molar-refractivity contribution is 6.30. The lowest BCUT2D eigenvalue weighted by Gasteiger charge is -2.17. The monoisotopic (exact) mass is 271 g/mol. The van der Waals surface area contributed by atoms with Gasteiger partial charge in [-0.2, -0.15) is 0 Å². The molecule has 1 N–H and O–H groups in total. The highest BCUT2D eigenvalue weighted by Crippen LogP contribution is 2.25. The maximum Gasteiger partial charge on any atom is 0.224 e. The molecule has 1 unspecified atom stereocenters. The fourth-order valence-corrected chi connectivity index (χ4v) is 2.27. The van der Waals surface area contributed by atoms with Crippen LogP contribution in [0.1, 0.15) is 13.3 Å². The summed E-state index contributed by atoms with van der Waals surface area (Å²) in [7, 11) is 0. The van der Waals surface area contributed by atoms with Crippen molar-refractivity contribution in [3.8, 4) is 0 Å². The smallest absolute Gasteiger partial charge is 0.224 e. The van der Waals surface area contributed by atoms with E-state index in [9.17, 15) is 9.18 Å². The molecule has 0 radical (unpaired) electrons. The Kier molecular flexibility index (Phi) is 4.01. The molecule has 0 aromatic carbocycles. The third kappa shape index (κ3) is 2.72. The van der Waals surface area contributed by atoms with Crippen LogP contribution in [0.4, 0.5) is 10.2 Å². The third-order valence-corrected chi connectivity index (χ3v) is 3.20. The van der Waals surface area contributed by atoms with E-state index in [4.69, 9.17) is 11.6 Å². The number of carbonyl (C=O) groups is 1. The van der Waals surface area contributed by atoms with E-state index in [1.54, 1.807) is 4.90 Å². The molecule has 1 amide bonds. The van der Waals surface area contributed by atoms with E-state index in [0.29, 0.717) is 19.6 Å². The number of nitrogens with one attached hydrogen (secondary N) is 1.